The minimum atomic E-state index is -3.01. The van der Waals surface area contributed by atoms with Gasteiger partial charge in [-0.25, -0.2) is 0 Å². The molecule has 1 N–H and O–H groups in total. The van der Waals surface area contributed by atoms with Gasteiger partial charge in [0.25, 0.3) is 0 Å². The van der Waals surface area contributed by atoms with Crippen LogP contribution in [0.15, 0.2) is 12.8 Å². The molecule has 0 aliphatic carbocycles. The first kappa shape index (κ1) is 11.2. The molecule has 0 aliphatic rings. The van der Waals surface area contributed by atoms with E-state index in [4.69, 9.17) is 26.8 Å². The maximum atomic E-state index is 5.70. The van der Waals surface area contributed by atoms with Crippen molar-refractivity contribution in [1.82, 2.24) is 5.32 Å². The van der Waals surface area contributed by atoms with Crippen LogP contribution in [0.4, 0.5) is 0 Å². The summed E-state index contributed by atoms with van der Waals surface area (Å²) < 4.78 is 0.778. The van der Waals surface area contributed by atoms with Crippen LogP contribution < -0.4 is 5.32 Å². The van der Waals surface area contributed by atoms with Gasteiger partial charge in [0.1, 0.15) is 0 Å². The Morgan fingerprint density at radius 3 is 2.40 bits per heavy atom. The third-order valence-electron chi connectivity index (χ3n) is 0.926. The molecule has 5 heteroatoms. The Kier molecular flexibility index (Phi) is 6.51. The summed E-state index contributed by atoms with van der Waals surface area (Å²) in [5.74, 6) is 0. The van der Waals surface area contributed by atoms with Gasteiger partial charge in [-0.05, 0) is 0 Å². The molecule has 10 heavy (non-hydrogen) atoms. The van der Waals surface area contributed by atoms with E-state index >= 15 is 0 Å². The first-order valence-corrected chi connectivity index (χ1v) is 15.8. The van der Waals surface area contributed by atoms with Crippen LogP contribution in [0.3, 0.4) is 0 Å². The van der Waals surface area contributed by atoms with Crippen LogP contribution in [-0.4, -0.2) is 21.5 Å². The monoisotopic (exact) mass is 309 g/mol. The SMILES string of the molecule is C=CNCC[CH2][Sn]([Cl])([Cl])[Cl]. The normalized spacial score (nSPS) is 11.1. The van der Waals surface area contributed by atoms with Crippen molar-refractivity contribution in [1.29, 1.82) is 0 Å². The zero-order valence-electron chi connectivity index (χ0n) is 5.54. The summed E-state index contributed by atoms with van der Waals surface area (Å²) in [6, 6.07) is 0. The van der Waals surface area contributed by atoms with Gasteiger partial charge < -0.3 is 0 Å². The molecule has 0 aromatic heterocycles. The van der Waals surface area contributed by atoms with E-state index in [0.29, 0.717) is 0 Å². The second kappa shape index (κ2) is 5.81. The van der Waals surface area contributed by atoms with Crippen molar-refractivity contribution in [2.75, 3.05) is 6.54 Å². The van der Waals surface area contributed by atoms with Crippen LogP contribution in [0.2, 0.25) is 4.44 Å². The van der Waals surface area contributed by atoms with E-state index in [0.717, 1.165) is 17.4 Å². The Balaban J connectivity index is 3.12. The Morgan fingerprint density at radius 2 is 2.00 bits per heavy atom. The fourth-order valence-corrected chi connectivity index (χ4v) is 4.83. The van der Waals surface area contributed by atoms with Crippen molar-refractivity contribution in [3.8, 4) is 0 Å². The topological polar surface area (TPSA) is 12.0 Å². The van der Waals surface area contributed by atoms with E-state index in [1.807, 2.05) is 0 Å². The van der Waals surface area contributed by atoms with Gasteiger partial charge in [-0.1, -0.05) is 0 Å². The zero-order chi connectivity index (χ0) is 8.04. The fourth-order valence-electron chi connectivity index (χ4n) is 0.493. The van der Waals surface area contributed by atoms with Crippen molar-refractivity contribution in [3.05, 3.63) is 12.8 Å². The van der Waals surface area contributed by atoms with Crippen LogP contribution >= 0.6 is 26.8 Å². The van der Waals surface area contributed by atoms with Crippen molar-refractivity contribution in [3.63, 3.8) is 0 Å². The standard InChI is InChI=1S/C5H10N.3ClH.Sn/c1-3-5-6-4-2;;;;/h4,6H,1-3,5H2;3*1H;/q;;;;+3/p-3. The molecule has 1 nitrogen and oxygen atoms in total. The summed E-state index contributed by atoms with van der Waals surface area (Å²) >= 11 is -3.01. The van der Waals surface area contributed by atoms with Crippen LogP contribution in [0.1, 0.15) is 6.42 Å². The van der Waals surface area contributed by atoms with E-state index in [1.54, 1.807) is 6.20 Å². The van der Waals surface area contributed by atoms with Gasteiger partial charge >= 0.3 is 77.3 Å². The van der Waals surface area contributed by atoms with Crippen LogP contribution in [0.25, 0.3) is 0 Å². The molecule has 0 amide bonds. The number of hydrogen-bond acceptors (Lipinski definition) is 1. The average Bonchev–Trinajstić information content (AvgIpc) is 1.78. The van der Waals surface area contributed by atoms with Gasteiger partial charge in [0.05, 0.1) is 0 Å². The van der Waals surface area contributed by atoms with E-state index in [1.165, 1.54) is 0 Å². The zero-order valence-corrected chi connectivity index (χ0v) is 10.7. The van der Waals surface area contributed by atoms with Gasteiger partial charge in [-0.15, -0.1) is 0 Å². The molecule has 0 radical (unpaired) electrons. The van der Waals surface area contributed by atoms with Gasteiger partial charge in [0.15, 0.2) is 0 Å². The molecule has 0 atom stereocenters. The van der Waals surface area contributed by atoms with Gasteiger partial charge in [0.2, 0.25) is 0 Å². The molecular formula is C5H10Cl3NSn. The quantitative estimate of drug-likeness (QED) is 0.608. The molecule has 0 saturated heterocycles. The first-order chi connectivity index (χ1) is 4.56. The summed E-state index contributed by atoms with van der Waals surface area (Å²) in [5.41, 5.74) is 0. The fraction of sp³-hybridized carbons (Fsp3) is 0.600. The van der Waals surface area contributed by atoms with Gasteiger partial charge in [0, 0.05) is 0 Å². The summed E-state index contributed by atoms with van der Waals surface area (Å²) in [6.07, 6.45) is 2.58. The molecule has 0 fully saturated rings. The van der Waals surface area contributed by atoms with Crippen LogP contribution in [-0.2, 0) is 0 Å². The second-order valence-corrected chi connectivity index (χ2v) is 23.7. The van der Waals surface area contributed by atoms with Gasteiger partial charge in [-0.2, -0.15) is 0 Å². The first-order valence-electron chi connectivity index (χ1n) is 2.97. The molecule has 0 aliphatic heterocycles. The number of halogens is 3. The van der Waals surface area contributed by atoms with Gasteiger partial charge in [-0.3, -0.25) is 0 Å². The Bertz CT molecular complexity index is 102. The van der Waals surface area contributed by atoms with Crippen molar-refractivity contribution >= 4 is 41.8 Å². The maximum absolute atomic E-state index is 5.70. The molecular weight excluding hydrogens is 299 g/mol. The predicted molar refractivity (Wildman–Crippen MR) is 50.9 cm³/mol. The summed E-state index contributed by atoms with van der Waals surface area (Å²) in [7, 11) is 17.1. The molecule has 60 valence electrons. The molecule has 0 aromatic carbocycles. The molecule has 0 bridgehead atoms. The minimum absolute atomic E-state index is 0.778. The number of rotatable bonds is 5. The molecule has 0 aromatic rings. The van der Waals surface area contributed by atoms with Crippen molar-refractivity contribution in [2.45, 2.75) is 10.9 Å². The Labute approximate surface area is 76.7 Å². The van der Waals surface area contributed by atoms with E-state index in [9.17, 15) is 0 Å². The predicted octanol–water partition coefficient (Wildman–Crippen LogP) is 2.76. The average molecular weight is 309 g/mol. The third kappa shape index (κ3) is 9.21. The summed E-state index contributed by atoms with van der Waals surface area (Å²) in [4.78, 5) is 0. The molecule has 0 heterocycles. The van der Waals surface area contributed by atoms with Crippen LogP contribution in [0, 0.1) is 0 Å². The van der Waals surface area contributed by atoms with Crippen LogP contribution in [0.5, 0.6) is 0 Å². The van der Waals surface area contributed by atoms with Crippen molar-refractivity contribution < 1.29 is 0 Å². The Hall–Kier alpha value is 1.21. The van der Waals surface area contributed by atoms with E-state index < -0.39 is 15.0 Å². The number of hydrogen-bond donors (Lipinski definition) is 1. The Morgan fingerprint density at radius 1 is 1.40 bits per heavy atom. The molecule has 0 spiro atoms. The van der Waals surface area contributed by atoms with Crippen molar-refractivity contribution in [2.24, 2.45) is 0 Å². The van der Waals surface area contributed by atoms with E-state index in [-0.39, 0.29) is 0 Å². The molecule has 0 saturated carbocycles. The third-order valence-corrected chi connectivity index (χ3v) is 7.36. The number of nitrogens with one attached hydrogen (secondary N) is 1. The summed E-state index contributed by atoms with van der Waals surface area (Å²) in [6.45, 7) is 4.36. The molecule has 0 rings (SSSR count). The summed E-state index contributed by atoms with van der Waals surface area (Å²) in [5, 5.41) is 2.94. The second-order valence-electron chi connectivity index (χ2n) is 1.88. The van der Waals surface area contributed by atoms with E-state index in [2.05, 4.69) is 11.9 Å². The molecule has 0 unspecified atom stereocenters.